The first-order valence-corrected chi connectivity index (χ1v) is 14.2. The fourth-order valence-corrected chi connectivity index (χ4v) is 6.85. The predicted molar refractivity (Wildman–Crippen MR) is 150 cm³/mol. The van der Waals surface area contributed by atoms with Crippen LogP contribution in [0.2, 0.25) is 10.0 Å². The lowest BCUT2D eigenvalue weighted by Gasteiger charge is -2.52. The molecule has 2 bridgehead atoms. The second-order valence-electron chi connectivity index (χ2n) is 11.2. The zero-order valence-corrected chi connectivity index (χ0v) is 22.6. The Labute approximate surface area is 232 Å². The highest BCUT2D eigenvalue weighted by atomic mass is 35.5. The Hall–Kier alpha value is -2.73. The molecule has 7 heteroatoms. The quantitative estimate of drug-likeness (QED) is 0.232. The SMILES string of the molecule is Clc1cncc(Cl)c1-c1noc(C2CC2)c1COC12CCC(/C=C/c3ccc4ncccc4c3)(CC1)CC2. The molecular formula is C31H29Cl2N3O2. The Morgan fingerprint density at radius 2 is 1.76 bits per heavy atom. The van der Waals surface area contributed by atoms with Crippen LogP contribution in [0, 0.1) is 5.41 Å². The van der Waals surface area contributed by atoms with Crippen molar-refractivity contribution in [3.05, 3.63) is 81.9 Å². The molecule has 0 radical (unpaired) electrons. The minimum Gasteiger partial charge on any atom is -0.370 e. The van der Waals surface area contributed by atoms with Gasteiger partial charge in [0.1, 0.15) is 11.5 Å². The summed E-state index contributed by atoms with van der Waals surface area (Å²) in [6, 6.07) is 10.6. The smallest absolute Gasteiger partial charge is 0.145 e. The molecule has 4 saturated carbocycles. The first-order chi connectivity index (χ1) is 18.5. The van der Waals surface area contributed by atoms with Crippen molar-refractivity contribution >= 4 is 40.2 Å². The second-order valence-corrected chi connectivity index (χ2v) is 12.1. The van der Waals surface area contributed by atoms with Crippen LogP contribution in [0.15, 0.2) is 59.5 Å². The maximum atomic E-state index is 6.79. The van der Waals surface area contributed by atoms with Crippen molar-refractivity contribution in [2.45, 2.75) is 69.5 Å². The van der Waals surface area contributed by atoms with E-state index in [2.05, 4.69) is 51.5 Å². The van der Waals surface area contributed by atoms with Gasteiger partial charge in [0.15, 0.2) is 0 Å². The summed E-state index contributed by atoms with van der Waals surface area (Å²) in [6.45, 7) is 0.466. The lowest BCUT2D eigenvalue weighted by Crippen LogP contribution is -2.46. The first-order valence-electron chi connectivity index (χ1n) is 13.5. The number of rotatable bonds is 7. The van der Waals surface area contributed by atoms with E-state index in [1.807, 2.05) is 12.3 Å². The molecule has 0 N–H and O–H groups in total. The highest BCUT2D eigenvalue weighted by Crippen LogP contribution is 2.55. The minimum absolute atomic E-state index is 0.0919. The van der Waals surface area contributed by atoms with Gasteiger partial charge in [0.2, 0.25) is 0 Å². The molecular weight excluding hydrogens is 517 g/mol. The van der Waals surface area contributed by atoms with Gasteiger partial charge >= 0.3 is 0 Å². The highest BCUT2D eigenvalue weighted by molar-refractivity contribution is 6.38. The topological polar surface area (TPSA) is 61.0 Å². The van der Waals surface area contributed by atoms with Crippen LogP contribution in [0.25, 0.3) is 28.2 Å². The van der Waals surface area contributed by atoms with Crippen molar-refractivity contribution in [1.29, 1.82) is 0 Å². The van der Waals surface area contributed by atoms with E-state index < -0.39 is 0 Å². The van der Waals surface area contributed by atoms with Gasteiger partial charge in [0.25, 0.3) is 0 Å². The Bertz CT molecular complexity index is 1500. The number of ether oxygens (including phenoxy) is 1. The van der Waals surface area contributed by atoms with E-state index in [-0.39, 0.29) is 11.0 Å². The number of benzene rings is 1. The molecule has 1 aromatic carbocycles. The summed E-state index contributed by atoms with van der Waals surface area (Å²) in [4.78, 5) is 8.53. The van der Waals surface area contributed by atoms with Crippen LogP contribution in [-0.2, 0) is 11.3 Å². The molecule has 4 aliphatic rings. The zero-order chi connectivity index (χ0) is 25.7. The van der Waals surface area contributed by atoms with Crippen molar-refractivity contribution in [3.8, 4) is 11.3 Å². The normalized spacial score (nSPS) is 25.0. The average Bonchev–Trinajstić information content (AvgIpc) is 3.72. The molecule has 0 atom stereocenters. The molecule has 4 fully saturated rings. The highest BCUT2D eigenvalue weighted by Gasteiger charge is 2.48. The Kier molecular flexibility index (Phi) is 6.06. The van der Waals surface area contributed by atoms with Gasteiger partial charge in [0.05, 0.1) is 27.8 Å². The van der Waals surface area contributed by atoms with Crippen LogP contribution in [0.1, 0.15) is 74.2 Å². The number of allylic oxidation sites excluding steroid dienone is 1. The fraction of sp³-hybridized carbons (Fsp3) is 0.387. The molecule has 3 aromatic heterocycles. The number of hydrogen-bond donors (Lipinski definition) is 0. The van der Waals surface area contributed by atoms with Gasteiger partial charge in [-0.1, -0.05) is 52.6 Å². The van der Waals surface area contributed by atoms with Crippen molar-refractivity contribution in [1.82, 2.24) is 15.1 Å². The summed E-state index contributed by atoms with van der Waals surface area (Å²) >= 11 is 13.0. The average molecular weight is 546 g/mol. The lowest BCUT2D eigenvalue weighted by atomic mass is 9.58. The van der Waals surface area contributed by atoms with Crippen LogP contribution in [-0.4, -0.2) is 20.7 Å². The molecule has 0 unspecified atom stereocenters. The molecule has 0 aliphatic heterocycles. The van der Waals surface area contributed by atoms with Crippen LogP contribution < -0.4 is 0 Å². The van der Waals surface area contributed by atoms with Crippen LogP contribution in [0.4, 0.5) is 0 Å². The Morgan fingerprint density at radius 1 is 1.00 bits per heavy atom. The standard InChI is InChI=1S/C31H29Cl2N3O2/c32-24-17-34-18-25(33)27(24)28-23(29(38-36-28)21-4-5-21)19-37-31-12-9-30(10-13-31,11-14-31)8-7-20-3-6-26-22(16-20)2-1-15-35-26/h1-3,6-8,15-18,21H,4-5,9-14,19H2/b8-7+. The van der Waals surface area contributed by atoms with Gasteiger partial charge in [0, 0.05) is 41.0 Å². The third-order valence-electron chi connectivity index (χ3n) is 8.87. The van der Waals surface area contributed by atoms with Crippen molar-refractivity contribution in [2.75, 3.05) is 0 Å². The number of halogens is 2. The maximum Gasteiger partial charge on any atom is 0.145 e. The molecule has 4 aromatic rings. The summed E-state index contributed by atoms with van der Waals surface area (Å²) in [5, 5.41) is 6.54. The van der Waals surface area contributed by atoms with E-state index in [1.54, 1.807) is 12.4 Å². The third kappa shape index (κ3) is 4.45. The third-order valence-corrected chi connectivity index (χ3v) is 9.44. The largest absolute Gasteiger partial charge is 0.370 e. The van der Waals surface area contributed by atoms with Gasteiger partial charge in [-0.05, 0) is 80.5 Å². The van der Waals surface area contributed by atoms with E-state index >= 15 is 0 Å². The summed E-state index contributed by atoms with van der Waals surface area (Å²) in [5.41, 5.74) is 4.80. The van der Waals surface area contributed by atoms with Gasteiger partial charge < -0.3 is 9.26 Å². The molecule has 5 nitrogen and oxygen atoms in total. The Balaban J connectivity index is 1.07. The van der Waals surface area contributed by atoms with Crippen molar-refractivity contribution < 1.29 is 9.26 Å². The number of nitrogens with zero attached hydrogens (tertiary/aromatic N) is 3. The maximum absolute atomic E-state index is 6.79. The molecule has 0 saturated heterocycles. The summed E-state index contributed by atoms with van der Waals surface area (Å²) in [6.07, 6.45) is 18.7. The first kappa shape index (κ1) is 24.3. The summed E-state index contributed by atoms with van der Waals surface area (Å²) < 4.78 is 12.6. The van der Waals surface area contributed by atoms with Crippen molar-refractivity contribution in [3.63, 3.8) is 0 Å². The predicted octanol–water partition coefficient (Wildman–Crippen LogP) is 8.79. The molecule has 4 aliphatic carbocycles. The Morgan fingerprint density at radius 3 is 2.50 bits per heavy atom. The zero-order valence-electron chi connectivity index (χ0n) is 21.1. The van der Waals surface area contributed by atoms with E-state index in [0.717, 1.165) is 68.2 Å². The van der Waals surface area contributed by atoms with Gasteiger partial charge in [-0.2, -0.15) is 0 Å². The number of hydrogen-bond acceptors (Lipinski definition) is 5. The lowest BCUT2D eigenvalue weighted by molar-refractivity contribution is -0.133. The van der Waals surface area contributed by atoms with E-state index in [0.29, 0.717) is 33.8 Å². The molecule has 8 rings (SSSR count). The van der Waals surface area contributed by atoms with Crippen LogP contribution in [0.5, 0.6) is 0 Å². The fourth-order valence-electron chi connectivity index (χ4n) is 6.30. The van der Waals surface area contributed by atoms with E-state index in [1.165, 1.54) is 10.9 Å². The van der Waals surface area contributed by atoms with E-state index in [4.69, 9.17) is 32.5 Å². The monoisotopic (exact) mass is 545 g/mol. The van der Waals surface area contributed by atoms with Gasteiger partial charge in [-0.25, -0.2) is 0 Å². The summed E-state index contributed by atoms with van der Waals surface area (Å²) in [7, 11) is 0. The van der Waals surface area contributed by atoms with Crippen LogP contribution in [0.3, 0.4) is 0 Å². The molecule has 38 heavy (non-hydrogen) atoms. The number of aromatic nitrogens is 3. The number of fused-ring (bicyclic) bond motifs is 4. The molecule has 194 valence electrons. The molecule has 3 heterocycles. The van der Waals surface area contributed by atoms with Gasteiger partial charge in [-0.15, -0.1) is 0 Å². The summed E-state index contributed by atoms with van der Waals surface area (Å²) in [5.74, 6) is 1.34. The van der Waals surface area contributed by atoms with E-state index in [9.17, 15) is 0 Å². The second kappa shape index (κ2) is 9.48. The number of pyridine rings is 2. The molecule has 0 spiro atoms. The molecule has 0 amide bonds. The minimum atomic E-state index is -0.0919. The van der Waals surface area contributed by atoms with Crippen LogP contribution >= 0.6 is 23.2 Å². The van der Waals surface area contributed by atoms with Gasteiger partial charge in [-0.3, -0.25) is 9.97 Å². The van der Waals surface area contributed by atoms with Crippen molar-refractivity contribution in [2.24, 2.45) is 5.41 Å².